The minimum absolute atomic E-state index is 0.283. The van der Waals surface area contributed by atoms with Crippen LogP contribution in [0.2, 0.25) is 0 Å². The van der Waals surface area contributed by atoms with E-state index in [1.807, 2.05) is 6.92 Å². The van der Waals surface area contributed by atoms with E-state index in [1.54, 1.807) is 12.1 Å². The minimum atomic E-state index is -0.283. The van der Waals surface area contributed by atoms with Gasteiger partial charge in [0.1, 0.15) is 18.2 Å². The SMILES string of the molecule is CCOCCOc1cccc(F)c1. The summed E-state index contributed by atoms with van der Waals surface area (Å²) in [7, 11) is 0. The summed E-state index contributed by atoms with van der Waals surface area (Å²) >= 11 is 0. The Morgan fingerprint density at radius 3 is 2.85 bits per heavy atom. The monoisotopic (exact) mass is 184 g/mol. The Kier molecular flexibility index (Phi) is 4.26. The summed E-state index contributed by atoms with van der Waals surface area (Å²) in [5.41, 5.74) is 0. The quantitative estimate of drug-likeness (QED) is 0.653. The van der Waals surface area contributed by atoms with Crippen molar-refractivity contribution in [1.29, 1.82) is 0 Å². The van der Waals surface area contributed by atoms with E-state index in [0.717, 1.165) is 0 Å². The zero-order valence-corrected chi connectivity index (χ0v) is 7.63. The second-order valence-corrected chi connectivity index (χ2v) is 2.50. The Balaban J connectivity index is 2.28. The fraction of sp³-hybridized carbons (Fsp3) is 0.400. The highest BCUT2D eigenvalue weighted by atomic mass is 19.1. The van der Waals surface area contributed by atoms with E-state index in [9.17, 15) is 4.39 Å². The van der Waals surface area contributed by atoms with Gasteiger partial charge >= 0.3 is 0 Å². The van der Waals surface area contributed by atoms with Crippen LogP contribution in [0.25, 0.3) is 0 Å². The Hall–Kier alpha value is -1.09. The van der Waals surface area contributed by atoms with Crippen molar-refractivity contribution in [3.63, 3.8) is 0 Å². The molecular weight excluding hydrogens is 171 g/mol. The molecule has 2 nitrogen and oxygen atoms in total. The van der Waals surface area contributed by atoms with Crippen molar-refractivity contribution in [2.75, 3.05) is 19.8 Å². The third-order valence-electron chi connectivity index (χ3n) is 1.50. The second-order valence-electron chi connectivity index (χ2n) is 2.50. The number of hydrogen-bond donors (Lipinski definition) is 0. The van der Waals surface area contributed by atoms with Crippen molar-refractivity contribution in [3.8, 4) is 5.75 Å². The fourth-order valence-electron chi connectivity index (χ4n) is 0.920. The summed E-state index contributed by atoms with van der Waals surface area (Å²) in [6, 6.07) is 6.07. The average molecular weight is 184 g/mol. The molecule has 0 aliphatic carbocycles. The average Bonchev–Trinajstić information content (AvgIpc) is 2.13. The molecule has 0 saturated heterocycles. The first-order chi connectivity index (χ1) is 6.33. The Bertz CT molecular complexity index is 250. The molecule has 0 N–H and O–H groups in total. The van der Waals surface area contributed by atoms with Gasteiger partial charge in [-0.05, 0) is 19.1 Å². The van der Waals surface area contributed by atoms with Gasteiger partial charge in [-0.2, -0.15) is 0 Å². The molecule has 1 aromatic carbocycles. The van der Waals surface area contributed by atoms with E-state index >= 15 is 0 Å². The van der Waals surface area contributed by atoms with Gasteiger partial charge in [0.05, 0.1) is 6.61 Å². The molecule has 0 amide bonds. The minimum Gasteiger partial charge on any atom is -0.491 e. The van der Waals surface area contributed by atoms with Gasteiger partial charge in [0.25, 0.3) is 0 Å². The fourth-order valence-corrected chi connectivity index (χ4v) is 0.920. The van der Waals surface area contributed by atoms with Crippen LogP contribution in [0.1, 0.15) is 6.92 Å². The Labute approximate surface area is 77.3 Å². The van der Waals surface area contributed by atoms with Gasteiger partial charge < -0.3 is 9.47 Å². The summed E-state index contributed by atoms with van der Waals surface area (Å²) in [5.74, 6) is 0.258. The normalized spacial score (nSPS) is 10.0. The molecule has 0 aliphatic rings. The molecule has 1 aromatic rings. The summed E-state index contributed by atoms with van der Waals surface area (Å²) in [6.07, 6.45) is 0. The third kappa shape index (κ3) is 3.90. The first kappa shape index (κ1) is 9.99. The first-order valence-electron chi connectivity index (χ1n) is 4.29. The molecule has 3 heteroatoms. The smallest absolute Gasteiger partial charge is 0.126 e. The van der Waals surface area contributed by atoms with Crippen LogP contribution in [0.5, 0.6) is 5.75 Å². The van der Waals surface area contributed by atoms with Gasteiger partial charge in [0.15, 0.2) is 0 Å². The van der Waals surface area contributed by atoms with Crippen molar-refractivity contribution in [2.45, 2.75) is 6.92 Å². The molecule has 0 spiro atoms. The van der Waals surface area contributed by atoms with Crippen LogP contribution < -0.4 is 4.74 Å². The van der Waals surface area contributed by atoms with Crippen LogP contribution >= 0.6 is 0 Å². The number of ether oxygens (including phenoxy) is 2. The molecule has 13 heavy (non-hydrogen) atoms. The first-order valence-corrected chi connectivity index (χ1v) is 4.29. The molecule has 72 valence electrons. The highest BCUT2D eigenvalue weighted by Gasteiger charge is 1.94. The van der Waals surface area contributed by atoms with E-state index in [1.165, 1.54) is 12.1 Å². The van der Waals surface area contributed by atoms with Crippen molar-refractivity contribution in [3.05, 3.63) is 30.1 Å². The summed E-state index contributed by atoms with van der Waals surface area (Å²) < 4.78 is 22.9. The summed E-state index contributed by atoms with van der Waals surface area (Å²) in [6.45, 7) is 3.58. The maximum atomic E-state index is 12.6. The van der Waals surface area contributed by atoms with Crippen molar-refractivity contribution < 1.29 is 13.9 Å². The molecule has 0 radical (unpaired) electrons. The molecule has 0 unspecified atom stereocenters. The van der Waals surface area contributed by atoms with E-state index in [0.29, 0.717) is 25.6 Å². The van der Waals surface area contributed by atoms with Crippen molar-refractivity contribution >= 4 is 0 Å². The van der Waals surface area contributed by atoms with Crippen LogP contribution in [0.3, 0.4) is 0 Å². The van der Waals surface area contributed by atoms with Crippen molar-refractivity contribution in [2.24, 2.45) is 0 Å². The van der Waals surface area contributed by atoms with Gasteiger partial charge in [-0.3, -0.25) is 0 Å². The summed E-state index contributed by atoms with van der Waals surface area (Å²) in [4.78, 5) is 0. The number of halogens is 1. The standard InChI is InChI=1S/C10H13FO2/c1-2-12-6-7-13-10-5-3-4-9(11)8-10/h3-5,8H,2,6-7H2,1H3. The van der Waals surface area contributed by atoms with Gasteiger partial charge in [-0.15, -0.1) is 0 Å². The topological polar surface area (TPSA) is 18.5 Å². The highest BCUT2D eigenvalue weighted by Crippen LogP contribution is 2.11. The maximum absolute atomic E-state index is 12.6. The Morgan fingerprint density at radius 2 is 2.15 bits per heavy atom. The molecule has 0 aromatic heterocycles. The van der Waals surface area contributed by atoms with E-state index in [4.69, 9.17) is 9.47 Å². The van der Waals surface area contributed by atoms with Gasteiger partial charge in [0.2, 0.25) is 0 Å². The number of benzene rings is 1. The molecule has 0 heterocycles. The molecular formula is C10H13FO2. The summed E-state index contributed by atoms with van der Waals surface area (Å²) in [5, 5.41) is 0. The molecule has 0 aliphatic heterocycles. The molecule has 0 bridgehead atoms. The lowest BCUT2D eigenvalue weighted by atomic mass is 10.3. The third-order valence-corrected chi connectivity index (χ3v) is 1.50. The molecule has 0 atom stereocenters. The largest absolute Gasteiger partial charge is 0.491 e. The highest BCUT2D eigenvalue weighted by molar-refractivity contribution is 5.22. The predicted molar refractivity (Wildman–Crippen MR) is 48.4 cm³/mol. The predicted octanol–water partition coefficient (Wildman–Crippen LogP) is 2.24. The van der Waals surface area contributed by atoms with Crippen LogP contribution in [0.15, 0.2) is 24.3 Å². The van der Waals surface area contributed by atoms with Gasteiger partial charge in [-0.25, -0.2) is 4.39 Å². The second kappa shape index (κ2) is 5.54. The Morgan fingerprint density at radius 1 is 1.31 bits per heavy atom. The molecule has 1 rings (SSSR count). The number of rotatable bonds is 5. The number of hydrogen-bond acceptors (Lipinski definition) is 2. The van der Waals surface area contributed by atoms with Crippen LogP contribution in [0.4, 0.5) is 4.39 Å². The maximum Gasteiger partial charge on any atom is 0.126 e. The van der Waals surface area contributed by atoms with Crippen molar-refractivity contribution in [1.82, 2.24) is 0 Å². The lowest BCUT2D eigenvalue weighted by Gasteiger charge is -2.05. The van der Waals surface area contributed by atoms with E-state index < -0.39 is 0 Å². The van der Waals surface area contributed by atoms with Gasteiger partial charge in [-0.1, -0.05) is 6.07 Å². The van der Waals surface area contributed by atoms with Crippen LogP contribution in [-0.2, 0) is 4.74 Å². The van der Waals surface area contributed by atoms with E-state index in [2.05, 4.69) is 0 Å². The lowest BCUT2D eigenvalue weighted by molar-refractivity contribution is 0.110. The van der Waals surface area contributed by atoms with Crippen LogP contribution in [-0.4, -0.2) is 19.8 Å². The lowest BCUT2D eigenvalue weighted by Crippen LogP contribution is -2.06. The molecule has 0 fully saturated rings. The zero-order chi connectivity index (χ0) is 9.52. The van der Waals surface area contributed by atoms with E-state index in [-0.39, 0.29) is 5.82 Å². The van der Waals surface area contributed by atoms with Crippen LogP contribution in [0, 0.1) is 5.82 Å². The molecule has 0 saturated carbocycles. The zero-order valence-electron chi connectivity index (χ0n) is 7.63. The van der Waals surface area contributed by atoms with Gasteiger partial charge in [0, 0.05) is 12.7 Å².